The topological polar surface area (TPSA) is 88.2 Å². The summed E-state index contributed by atoms with van der Waals surface area (Å²) in [7, 11) is 0. The minimum absolute atomic E-state index is 0.0143. The van der Waals surface area contributed by atoms with Gasteiger partial charge in [-0.25, -0.2) is 14.4 Å². The first-order valence-corrected chi connectivity index (χ1v) is 9.72. The Morgan fingerprint density at radius 3 is 2.67 bits per heavy atom. The number of nitrogens with one attached hydrogen (secondary N) is 1. The number of rotatable bonds is 4. The number of para-hydroxylation sites is 1. The van der Waals surface area contributed by atoms with E-state index in [2.05, 4.69) is 21.2 Å². The first-order valence-electron chi connectivity index (χ1n) is 8.93. The van der Waals surface area contributed by atoms with Crippen molar-refractivity contribution in [2.45, 2.75) is 31.8 Å². The third-order valence-corrected chi connectivity index (χ3v) is 5.42. The van der Waals surface area contributed by atoms with Crippen LogP contribution in [0.5, 0.6) is 0 Å². The molecule has 9 heteroatoms. The summed E-state index contributed by atoms with van der Waals surface area (Å²) in [5.74, 6) is -0.447. The van der Waals surface area contributed by atoms with Gasteiger partial charge in [0, 0.05) is 23.6 Å². The Hall–Kier alpha value is -2.29. The number of esters is 1. The molecule has 1 aromatic carbocycles. The number of anilines is 1. The zero-order chi connectivity index (χ0) is 19.4. The molecule has 1 unspecified atom stereocenters. The maximum atomic E-state index is 12.5. The van der Waals surface area contributed by atoms with Crippen molar-refractivity contribution >= 4 is 39.7 Å². The Kier molecular flexibility index (Phi) is 6.20. The fraction of sp³-hybridized carbons (Fsp3) is 0.500. The molecule has 2 aliphatic rings. The van der Waals surface area contributed by atoms with Crippen molar-refractivity contribution in [3.8, 4) is 0 Å². The van der Waals surface area contributed by atoms with Crippen LogP contribution in [0.1, 0.15) is 19.8 Å². The van der Waals surface area contributed by atoms with E-state index in [-0.39, 0.29) is 25.3 Å². The van der Waals surface area contributed by atoms with Crippen LogP contribution in [0.3, 0.4) is 0 Å². The summed E-state index contributed by atoms with van der Waals surface area (Å²) in [6, 6.07) is 6.35. The van der Waals surface area contributed by atoms with Gasteiger partial charge < -0.3 is 19.7 Å². The number of amides is 3. The number of benzene rings is 1. The molecule has 0 saturated carbocycles. The highest BCUT2D eigenvalue weighted by Gasteiger charge is 2.44. The van der Waals surface area contributed by atoms with Gasteiger partial charge in [0.2, 0.25) is 0 Å². The molecule has 2 fully saturated rings. The highest BCUT2D eigenvalue weighted by Crippen LogP contribution is 2.26. The van der Waals surface area contributed by atoms with Gasteiger partial charge in [0.1, 0.15) is 6.61 Å². The van der Waals surface area contributed by atoms with E-state index in [4.69, 9.17) is 9.47 Å². The first-order chi connectivity index (χ1) is 13.0. The average Bonchev–Trinajstić information content (AvgIpc) is 3.05. The lowest BCUT2D eigenvalue weighted by Gasteiger charge is -2.37. The van der Waals surface area contributed by atoms with Crippen molar-refractivity contribution in [2.75, 3.05) is 31.6 Å². The van der Waals surface area contributed by atoms with Crippen LogP contribution in [0.15, 0.2) is 28.7 Å². The largest absolute Gasteiger partial charge is 0.464 e. The van der Waals surface area contributed by atoms with Crippen LogP contribution in [0.4, 0.5) is 15.3 Å². The highest BCUT2D eigenvalue weighted by molar-refractivity contribution is 9.10. The summed E-state index contributed by atoms with van der Waals surface area (Å²) in [5, 5.41) is 2.88. The van der Waals surface area contributed by atoms with Gasteiger partial charge >= 0.3 is 18.1 Å². The Balaban J connectivity index is 1.58. The number of hydrogen-bond donors (Lipinski definition) is 1. The molecule has 0 spiro atoms. The number of urea groups is 1. The Bertz CT molecular complexity index is 721. The molecule has 1 N–H and O–H groups in total. The second-order valence-corrected chi connectivity index (χ2v) is 7.23. The van der Waals surface area contributed by atoms with Crippen molar-refractivity contribution in [2.24, 2.45) is 0 Å². The number of cyclic esters (lactones) is 1. The zero-order valence-electron chi connectivity index (χ0n) is 15.0. The van der Waals surface area contributed by atoms with Gasteiger partial charge in [-0.2, -0.15) is 0 Å². The predicted molar refractivity (Wildman–Crippen MR) is 101 cm³/mol. The summed E-state index contributed by atoms with van der Waals surface area (Å²) in [6.45, 7) is 2.97. The fourth-order valence-corrected chi connectivity index (χ4v) is 3.74. The van der Waals surface area contributed by atoms with Crippen LogP contribution in [-0.2, 0) is 14.3 Å². The first kappa shape index (κ1) is 19.5. The van der Waals surface area contributed by atoms with Crippen molar-refractivity contribution in [3.63, 3.8) is 0 Å². The van der Waals surface area contributed by atoms with Crippen LogP contribution in [0.25, 0.3) is 0 Å². The van der Waals surface area contributed by atoms with E-state index in [9.17, 15) is 14.4 Å². The van der Waals surface area contributed by atoms with E-state index in [1.807, 2.05) is 24.3 Å². The summed E-state index contributed by atoms with van der Waals surface area (Å²) in [6.07, 6.45) is 0.659. The summed E-state index contributed by atoms with van der Waals surface area (Å²) < 4.78 is 10.9. The van der Waals surface area contributed by atoms with Crippen molar-refractivity contribution in [3.05, 3.63) is 28.7 Å². The maximum absolute atomic E-state index is 12.5. The molecule has 3 rings (SSSR count). The van der Waals surface area contributed by atoms with Crippen molar-refractivity contribution in [1.82, 2.24) is 9.80 Å². The lowest BCUT2D eigenvalue weighted by molar-refractivity contribution is -0.148. The molecule has 27 heavy (non-hydrogen) atoms. The van der Waals surface area contributed by atoms with Crippen LogP contribution < -0.4 is 5.32 Å². The number of ether oxygens (including phenoxy) is 2. The van der Waals surface area contributed by atoms with Crippen molar-refractivity contribution in [1.29, 1.82) is 0 Å². The Morgan fingerprint density at radius 1 is 1.30 bits per heavy atom. The smallest absolute Gasteiger partial charge is 0.410 e. The van der Waals surface area contributed by atoms with E-state index < -0.39 is 18.1 Å². The number of carbonyl (C=O) groups is 3. The minimum Gasteiger partial charge on any atom is -0.464 e. The number of hydrogen-bond acceptors (Lipinski definition) is 5. The number of likely N-dealkylation sites (tertiary alicyclic amines) is 1. The fourth-order valence-electron chi connectivity index (χ4n) is 3.36. The average molecular weight is 440 g/mol. The monoisotopic (exact) mass is 439 g/mol. The summed E-state index contributed by atoms with van der Waals surface area (Å²) in [5.41, 5.74) is 0.704. The number of carbonyl (C=O) groups excluding carboxylic acids is 3. The molecule has 1 aromatic rings. The van der Waals surface area contributed by atoms with Crippen LogP contribution in [-0.4, -0.2) is 66.3 Å². The molecule has 146 valence electrons. The second kappa shape index (κ2) is 8.60. The molecule has 8 nitrogen and oxygen atoms in total. The number of halogens is 1. The molecular weight excluding hydrogens is 418 g/mol. The van der Waals surface area contributed by atoms with E-state index in [1.54, 1.807) is 11.8 Å². The Morgan fingerprint density at radius 2 is 2.00 bits per heavy atom. The van der Waals surface area contributed by atoms with Gasteiger partial charge in [-0.05, 0) is 47.8 Å². The van der Waals surface area contributed by atoms with Gasteiger partial charge in [0.05, 0.1) is 12.3 Å². The normalized spacial score (nSPS) is 20.4. The third-order valence-electron chi connectivity index (χ3n) is 4.73. The molecule has 3 amide bonds. The van der Waals surface area contributed by atoms with Gasteiger partial charge in [0.15, 0.2) is 6.04 Å². The molecular formula is C18H22BrN3O5. The molecule has 0 aromatic heterocycles. The lowest BCUT2D eigenvalue weighted by atomic mass is 10.0. The summed E-state index contributed by atoms with van der Waals surface area (Å²) in [4.78, 5) is 39.8. The minimum atomic E-state index is -0.705. The van der Waals surface area contributed by atoms with Gasteiger partial charge in [-0.1, -0.05) is 12.1 Å². The molecule has 2 saturated heterocycles. The van der Waals surface area contributed by atoms with Gasteiger partial charge in [0.25, 0.3) is 0 Å². The van der Waals surface area contributed by atoms with E-state index in [0.717, 1.165) is 4.47 Å². The summed E-state index contributed by atoms with van der Waals surface area (Å²) >= 11 is 3.41. The molecule has 0 radical (unpaired) electrons. The maximum Gasteiger partial charge on any atom is 0.410 e. The molecule has 0 bridgehead atoms. The van der Waals surface area contributed by atoms with Crippen LogP contribution >= 0.6 is 15.9 Å². The molecule has 2 aliphatic heterocycles. The van der Waals surface area contributed by atoms with Crippen LogP contribution in [0, 0.1) is 0 Å². The standard InChI is InChI=1S/C18H22BrN3O5/c1-2-26-16(23)15-11-27-18(25)22(15)12-7-9-21(10-8-12)17(24)20-14-6-4-3-5-13(14)19/h3-6,12,15H,2,7-11H2,1H3,(H,20,24). The predicted octanol–water partition coefficient (Wildman–Crippen LogP) is 2.83. The molecule has 2 heterocycles. The highest BCUT2D eigenvalue weighted by atomic mass is 79.9. The quantitative estimate of drug-likeness (QED) is 0.728. The van der Waals surface area contributed by atoms with E-state index in [0.29, 0.717) is 31.6 Å². The number of piperidine rings is 1. The van der Waals surface area contributed by atoms with Gasteiger partial charge in [-0.3, -0.25) is 4.90 Å². The molecule has 1 atom stereocenters. The SMILES string of the molecule is CCOC(=O)C1COC(=O)N1C1CCN(C(=O)Nc2ccccc2Br)CC1. The lowest BCUT2D eigenvalue weighted by Crippen LogP contribution is -2.52. The van der Waals surface area contributed by atoms with Crippen molar-refractivity contribution < 1.29 is 23.9 Å². The third kappa shape index (κ3) is 4.35. The van der Waals surface area contributed by atoms with E-state index >= 15 is 0 Å². The zero-order valence-corrected chi connectivity index (χ0v) is 16.6. The van der Waals surface area contributed by atoms with E-state index in [1.165, 1.54) is 4.90 Å². The van der Waals surface area contributed by atoms with Gasteiger partial charge in [-0.15, -0.1) is 0 Å². The molecule has 0 aliphatic carbocycles. The number of nitrogens with zero attached hydrogens (tertiary/aromatic N) is 2. The Labute approximate surface area is 165 Å². The van der Waals surface area contributed by atoms with Crippen LogP contribution in [0.2, 0.25) is 0 Å². The second-order valence-electron chi connectivity index (χ2n) is 6.38.